The van der Waals surface area contributed by atoms with Crippen LogP contribution >= 0.6 is 23.5 Å². The minimum absolute atomic E-state index is 0.265. The van der Waals surface area contributed by atoms with E-state index in [2.05, 4.69) is 10.1 Å². The molecule has 7 nitrogen and oxygen atoms in total. The highest BCUT2D eigenvalue weighted by Crippen LogP contribution is 2.31. The van der Waals surface area contributed by atoms with Gasteiger partial charge in [-0.2, -0.15) is 9.61 Å². The molecule has 168 valence electrons. The average molecular weight is 464 g/mol. The lowest BCUT2D eigenvalue weighted by Crippen LogP contribution is -2.35. The molecule has 9 heteroatoms. The summed E-state index contributed by atoms with van der Waals surface area (Å²) in [5, 5.41) is 4.74. The Morgan fingerprint density at radius 3 is 2.29 bits per heavy atom. The second-order valence-corrected chi connectivity index (χ2v) is 9.48. The molecule has 1 amide bonds. The number of carbonyl (C=O) groups is 1. The standard InChI is InChI=1S/C20H24ClN5O2S.C2H6/c1-13-11-17-22-16(21)12-18(26(17)23-13)25(19(27)28-20(2,3)4)14-7-9-15(10-8-14)29-24(5)6;1-2/h7-12H,1-6H3;1-2H3. The number of nitrogens with zero attached hydrogens (tertiary/aromatic N) is 5. The van der Waals surface area contributed by atoms with E-state index in [-0.39, 0.29) is 5.15 Å². The number of hydrogen-bond acceptors (Lipinski definition) is 6. The summed E-state index contributed by atoms with van der Waals surface area (Å²) < 4.78 is 9.26. The van der Waals surface area contributed by atoms with Crippen molar-refractivity contribution in [2.75, 3.05) is 19.0 Å². The van der Waals surface area contributed by atoms with Crippen molar-refractivity contribution in [2.24, 2.45) is 0 Å². The van der Waals surface area contributed by atoms with E-state index in [0.29, 0.717) is 17.2 Å². The van der Waals surface area contributed by atoms with E-state index in [1.54, 1.807) is 28.6 Å². The third-order valence-corrected chi connectivity index (χ3v) is 4.73. The van der Waals surface area contributed by atoms with Crippen LogP contribution in [0.5, 0.6) is 0 Å². The second-order valence-electron chi connectivity index (χ2n) is 7.71. The van der Waals surface area contributed by atoms with Gasteiger partial charge in [-0.1, -0.05) is 25.4 Å². The number of hydrogen-bond donors (Lipinski definition) is 0. The number of ether oxygens (including phenoxy) is 1. The molecule has 0 saturated carbocycles. The van der Waals surface area contributed by atoms with Crippen molar-refractivity contribution in [2.45, 2.75) is 52.0 Å². The topological polar surface area (TPSA) is 63.0 Å². The number of amides is 1. The van der Waals surface area contributed by atoms with Crippen molar-refractivity contribution in [3.05, 3.63) is 47.2 Å². The van der Waals surface area contributed by atoms with Crippen molar-refractivity contribution >= 4 is 46.8 Å². The van der Waals surface area contributed by atoms with Crippen molar-refractivity contribution in [3.8, 4) is 0 Å². The van der Waals surface area contributed by atoms with Crippen LogP contribution in [0.1, 0.15) is 40.3 Å². The van der Waals surface area contributed by atoms with E-state index in [4.69, 9.17) is 16.3 Å². The molecule has 2 heterocycles. The van der Waals surface area contributed by atoms with Crippen LogP contribution in [0, 0.1) is 6.92 Å². The van der Waals surface area contributed by atoms with Gasteiger partial charge < -0.3 is 4.74 Å². The first-order valence-corrected chi connectivity index (χ1v) is 11.2. The molecule has 3 aromatic rings. The Bertz CT molecular complexity index is 1030. The predicted octanol–water partition coefficient (Wildman–Crippen LogP) is 6.36. The molecule has 0 spiro atoms. The fourth-order valence-electron chi connectivity index (χ4n) is 2.71. The third-order valence-electron chi connectivity index (χ3n) is 3.69. The number of aromatic nitrogens is 3. The summed E-state index contributed by atoms with van der Waals surface area (Å²) in [7, 11) is 3.95. The highest BCUT2D eigenvalue weighted by Gasteiger charge is 2.28. The highest BCUT2D eigenvalue weighted by atomic mass is 35.5. The van der Waals surface area contributed by atoms with E-state index in [1.165, 1.54) is 4.90 Å². The molecular formula is C22H30ClN5O2S. The van der Waals surface area contributed by atoms with Gasteiger partial charge in [0.2, 0.25) is 0 Å². The van der Waals surface area contributed by atoms with Gasteiger partial charge in [-0.25, -0.2) is 14.7 Å². The highest BCUT2D eigenvalue weighted by molar-refractivity contribution is 7.97. The Hall–Kier alpha value is -2.29. The maximum atomic E-state index is 13.2. The van der Waals surface area contributed by atoms with Crippen molar-refractivity contribution < 1.29 is 9.53 Å². The lowest BCUT2D eigenvalue weighted by atomic mass is 10.2. The number of rotatable bonds is 4. The summed E-state index contributed by atoms with van der Waals surface area (Å²) in [5.74, 6) is 0.454. The van der Waals surface area contributed by atoms with Gasteiger partial charge >= 0.3 is 6.09 Å². The molecule has 3 rings (SSSR count). The molecule has 0 bridgehead atoms. The first-order valence-electron chi connectivity index (χ1n) is 10.0. The smallest absolute Gasteiger partial charge is 0.420 e. The molecule has 2 aromatic heterocycles. The lowest BCUT2D eigenvalue weighted by molar-refractivity contribution is 0.0597. The summed E-state index contributed by atoms with van der Waals surface area (Å²) >= 11 is 7.84. The zero-order valence-electron chi connectivity index (χ0n) is 19.3. The number of fused-ring (bicyclic) bond motifs is 1. The molecule has 0 atom stereocenters. The van der Waals surface area contributed by atoms with Crippen LogP contribution in [-0.4, -0.2) is 44.7 Å². The molecule has 0 aliphatic rings. The Morgan fingerprint density at radius 1 is 1.13 bits per heavy atom. The van der Waals surface area contributed by atoms with Crippen LogP contribution in [0.4, 0.5) is 16.3 Å². The van der Waals surface area contributed by atoms with Gasteiger partial charge in [0, 0.05) is 17.0 Å². The summed E-state index contributed by atoms with van der Waals surface area (Å²) in [5.41, 5.74) is 1.30. The number of carbonyl (C=O) groups excluding carboxylic acids is 1. The van der Waals surface area contributed by atoms with E-state index in [9.17, 15) is 4.79 Å². The number of halogens is 1. The lowest BCUT2D eigenvalue weighted by Gasteiger charge is -2.27. The molecule has 0 saturated heterocycles. The molecule has 0 fully saturated rings. The monoisotopic (exact) mass is 463 g/mol. The van der Waals surface area contributed by atoms with Gasteiger partial charge in [0.05, 0.1) is 11.4 Å². The van der Waals surface area contributed by atoms with E-state index in [1.807, 2.05) is 84.2 Å². The van der Waals surface area contributed by atoms with Gasteiger partial charge in [-0.3, -0.25) is 4.31 Å². The van der Waals surface area contributed by atoms with Gasteiger partial charge in [0.1, 0.15) is 16.6 Å². The quantitative estimate of drug-likeness (QED) is 0.331. The van der Waals surface area contributed by atoms with Crippen molar-refractivity contribution in [1.29, 1.82) is 0 Å². The maximum Gasteiger partial charge on any atom is 0.420 e. The summed E-state index contributed by atoms with van der Waals surface area (Å²) in [6, 6.07) is 11.0. The third kappa shape index (κ3) is 6.59. The minimum Gasteiger partial charge on any atom is -0.443 e. The SMILES string of the molecule is CC.Cc1cc2nc(Cl)cc(N(C(=O)OC(C)(C)C)c3ccc(SN(C)C)cc3)n2n1. The maximum absolute atomic E-state index is 13.2. The molecule has 1 aromatic carbocycles. The average Bonchev–Trinajstić information content (AvgIpc) is 3.03. The summed E-state index contributed by atoms with van der Waals surface area (Å²) in [6.07, 6.45) is -0.526. The van der Waals surface area contributed by atoms with Crippen molar-refractivity contribution in [1.82, 2.24) is 18.9 Å². The minimum atomic E-state index is -0.661. The summed E-state index contributed by atoms with van der Waals surface area (Å²) in [6.45, 7) is 11.3. The predicted molar refractivity (Wildman–Crippen MR) is 128 cm³/mol. The van der Waals surface area contributed by atoms with E-state index >= 15 is 0 Å². The van der Waals surface area contributed by atoms with Crippen LogP contribution in [0.25, 0.3) is 5.65 Å². The molecule has 0 unspecified atom stereocenters. The van der Waals surface area contributed by atoms with E-state index in [0.717, 1.165) is 10.6 Å². The van der Waals surface area contributed by atoms with Gasteiger partial charge in [0.25, 0.3) is 0 Å². The molecule has 31 heavy (non-hydrogen) atoms. The largest absolute Gasteiger partial charge is 0.443 e. The van der Waals surface area contributed by atoms with Crippen molar-refractivity contribution in [3.63, 3.8) is 0 Å². The number of aryl methyl sites for hydroxylation is 1. The zero-order chi connectivity index (χ0) is 23.3. The summed E-state index contributed by atoms with van der Waals surface area (Å²) in [4.78, 5) is 20.0. The fourth-order valence-corrected chi connectivity index (χ4v) is 3.57. The van der Waals surface area contributed by atoms with Crippen LogP contribution in [0.3, 0.4) is 0 Å². The number of anilines is 2. The molecule has 0 N–H and O–H groups in total. The Morgan fingerprint density at radius 2 is 1.74 bits per heavy atom. The van der Waals surface area contributed by atoms with Crippen LogP contribution in [0.15, 0.2) is 41.3 Å². The van der Waals surface area contributed by atoms with Gasteiger partial charge in [0.15, 0.2) is 5.65 Å². The first kappa shape index (κ1) is 25.0. The molecular weight excluding hydrogens is 434 g/mol. The van der Waals surface area contributed by atoms with Crippen LogP contribution in [0.2, 0.25) is 5.15 Å². The van der Waals surface area contributed by atoms with E-state index < -0.39 is 11.7 Å². The first-order chi connectivity index (χ1) is 14.5. The number of benzene rings is 1. The normalized spacial score (nSPS) is 11.3. The fraction of sp³-hybridized carbons (Fsp3) is 0.409. The van der Waals surface area contributed by atoms with Crippen LogP contribution in [-0.2, 0) is 4.74 Å². The zero-order valence-corrected chi connectivity index (χ0v) is 20.9. The molecule has 0 aliphatic carbocycles. The Kier molecular flexibility index (Phi) is 8.34. The van der Waals surface area contributed by atoms with Gasteiger partial charge in [-0.15, -0.1) is 0 Å². The van der Waals surface area contributed by atoms with Crippen LogP contribution < -0.4 is 4.90 Å². The molecule has 0 radical (unpaired) electrons. The second kappa shape index (κ2) is 10.3. The Labute approximate surface area is 193 Å². The van der Waals surface area contributed by atoms with Gasteiger partial charge in [-0.05, 0) is 78.0 Å². The molecule has 0 aliphatic heterocycles. The Balaban J connectivity index is 0.00000166.